The number of nitrogens with one attached hydrogen (secondary N) is 1. The van der Waals surface area contributed by atoms with Crippen molar-refractivity contribution >= 4 is 41.5 Å². The number of aldehydes is 1. The number of anilines is 1. The number of halogens is 4. The van der Waals surface area contributed by atoms with Crippen molar-refractivity contribution in [2.75, 3.05) is 5.01 Å². The minimum absolute atomic E-state index is 0.136. The zero-order valence-corrected chi connectivity index (χ0v) is 16.7. The van der Waals surface area contributed by atoms with Gasteiger partial charge in [-0.05, 0) is 48.5 Å². The lowest BCUT2D eigenvalue weighted by Gasteiger charge is -2.16. The molecule has 0 radical (unpaired) electrons. The monoisotopic (exact) mass is 460 g/mol. The molecule has 162 valence electrons. The molecule has 1 N–H and O–H groups in total. The van der Waals surface area contributed by atoms with E-state index in [0.717, 1.165) is 23.2 Å². The minimum Gasteiger partial charge on any atom is -0.457 e. The summed E-state index contributed by atoms with van der Waals surface area (Å²) < 4.78 is 44.5. The Labute approximate surface area is 183 Å². The molecule has 0 spiro atoms. The standard InChI is InChI=1S/C22H12ClF3N2O4/c23-18-6-4-12(11-29)8-16(18)19-7-5-15(32-19)10-17-20(30)27-28(21(17)31)14-3-1-2-13(9-14)22(24,25)26/h1-11H,(H,27,30)/b17-10+. The highest BCUT2D eigenvalue weighted by Gasteiger charge is 2.36. The van der Waals surface area contributed by atoms with Crippen LogP contribution in [0.1, 0.15) is 21.7 Å². The smallest absolute Gasteiger partial charge is 0.416 e. The highest BCUT2D eigenvalue weighted by molar-refractivity contribution is 6.33. The number of nitrogens with zero attached hydrogens (tertiary/aromatic N) is 1. The SMILES string of the molecule is O=Cc1ccc(Cl)c(-c2ccc(/C=C3\C(=O)NN(c4cccc(C(F)(F)F)c4)C3=O)o2)c1. The van der Waals surface area contributed by atoms with Gasteiger partial charge in [-0.2, -0.15) is 13.2 Å². The van der Waals surface area contributed by atoms with E-state index in [-0.39, 0.29) is 17.0 Å². The lowest BCUT2D eigenvalue weighted by Crippen LogP contribution is -2.35. The third kappa shape index (κ3) is 4.02. The van der Waals surface area contributed by atoms with Gasteiger partial charge in [0.15, 0.2) is 0 Å². The molecule has 4 rings (SSSR count). The predicted molar refractivity (Wildman–Crippen MR) is 110 cm³/mol. The maximum absolute atomic E-state index is 13.0. The summed E-state index contributed by atoms with van der Waals surface area (Å²) in [5.41, 5.74) is 1.63. The van der Waals surface area contributed by atoms with E-state index in [1.807, 2.05) is 0 Å². The second-order valence-corrected chi connectivity index (χ2v) is 7.15. The van der Waals surface area contributed by atoms with Crippen LogP contribution in [0.3, 0.4) is 0 Å². The molecular formula is C22H12ClF3N2O4. The van der Waals surface area contributed by atoms with E-state index in [4.69, 9.17) is 16.0 Å². The van der Waals surface area contributed by atoms with E-state index >= 15 is 0 Å². The van der Waals surface area contributed by atoms with Crippen molar-refractivity contribution in [1.82, 2.24) is 5.43 Å². The number of furan rings is 1. The van der Waals surface area contributed by atoms with Gasteiger partial charge < -0.3 is 4.42 Å². The van der Waals surface area contributed by atoms with Gasteiger partial charge >= 0.3 is 6.18 Å². The third-order valence-electron chi connectivity index (χ3n) is 4.63. The fourth-order valence-electron chi connectivity index (χ4n) is 3.08. The average Bonchev–Trinajstić information content (AvgIpc) is 3.34. The molecule has 0 unspecified atom stereocenters. The number of rotatable bonds is 4. The van der Waals surface area contributed by atoms with E-state index in [0.29, 0.717) is 28.2 Å². The Morgan fingerprint density at radius 1 is 1.03 bits per heavy atom. The Kier molecular flexibility index (Phi) is 5.35. The van der Waals surface area contributed by atoms with Crippen LogP contribution in [0.2, 0.25) is 5.02 Å². The van der Waals surface area contributed by atoms with Crippen LogP contribution >= 0.6 is 11.6 Å². The van der Waals surface area contributed by atoms with Gasteiger partial charge in [-0.3, -0.25) is 19.8 Å². The first-order valence-corrected chi connectivity index (χ1v) is 9.44. The van der Waals surface area contributed by atoms with Crippen LogP contribution in [0, 0.1) is 0 Å². The average molecular weight is 461 g/mol. The fraction of sp³-hybridized carbons (Fsp3) is 0.0455. The second-order valence-electron chi connectivity index (χ2n) is 6.75. The molecule has 2 amide bonds. The quantitative estimate of drug-likeness (QED) is 0.341. The molecule has 2 heterocycles. The Morgan fingerprint density at radius 3 is 2.53 bits per heavy atom. The van der Waals surface area contributed by atoms with Crippen molar-refractivity contribution in [3.63, 3.8) is 0 Å². The molecule has 0 bridgehead atoms. The Bertz CT molecular complexity index is 1280. The number of carbonyl (C=O) groups excluding carboxylic acids is 3. The van der Waals surface area contributed by atoms with Crippen LogP contribution < -0.4 is 10.4 Å². The molecule has 1 aliphatic heterocycles. The molecule has 6 nitrogen and oxygen atoms in total. The minimum atomic E-state index is -4.60. The molecule has 1 aliphatic rings. The summed E-state index contributed by atoms with van der Waals surface area (Å²) in [6.45, 7) is 0. The molecule has 1 saturated heterocycles. The van der Waals surface area contributed by atoms with Gasteiger partial charge in [0.2, 0.25) is 0 Å². The van der Waals surface area contributed by atoms with E-state index in [1.165, 1.54) is 36.4 Å². The molecule has 10 heteroatoms. The zero-order chi connectivity index (χ0) is 23.0. The molecule has 3 aromatic rings. The number of carbonyl (C=O) groups is 3. The van der Waals surface area contributed by atoms with Gasteiger partial charge in [0.25, 0.3) is 11.8 Å². The highest BCUT2D eigenvalue weighted by Crippen LogP contribution is 2.33. The Hall–Kier alpha value is -3.85. The summed E-state index contributed by atoms with van der Waals surface area (Å²) >= 11 is 6.15. The summed E-state index contributed by atoms with van der Waals surface area (Å²) in [5, 5.41) is 1.06. The van der Waals surface area contributed by atoms with Crippen molar-refractivity contribution in [3.8, 4) is 11.3 Å². The number of hydrazine groups is 1. The largest absolute Gasteiger partial charge is 0.457 e. The number of hydrogen-bond acceptors (Lipinski definition) is 4. The summed E-state index contributed by atoms with van der Waals surface area (Å²) in [4.78, 5) is 36.0. The van der Waals surface area contributed by atoms with E-state index in [1.54, 1.807) is 6.07 Å². The van der Waals surface area contributed by atoms with Crippen LogP contribution in [0.25, 0.3) is 17.4 Å². The summed E-state index contributed by atoms with van der Waals surface area (Å²) in [6, 6.07) is 11.6. The number of amides is 2. The zero-order valence-electron chi connectivity index (χ0n) is 15.9. The van der Waals surface area contributed by atoms with Crippen LogP contribution in [-0.2, 0) is 15.8 Å². The first kappa shape index (κ1) is 21.4. The van der Waals surface area contributed by atoms with E-state index < -0.39 is 23.6 Å². The maximum Gasteiger partial charge on any atom is 0.416 e. The van der Waals surface area contributed by atoms with E-state index in [9.17, 15) is 27.6 Å². The maximum atomic E-state index is 13.0. The Balaban J connectivity index is 1.63. The summed E-state index contributed by atoms with van der Waals surface area (Å²) in [5.74, 6) is -1.21. The van der Waals surface area contributed by atoms with Crippen LogP contribution in [0.4, 0.5) is 18.9 Å². The van der Waals surface area contributed by atoms with Gasteiger partial charge in [-0.25, -0.2) is 5.01 Å². The third-order valence-corrected chi connectivity index (χ3v) is 4.96. The van der Waals surface area contributed by atoms with Crippen molar-refractivity contribution in [2.24, 2.45) is 0 Å². The molecular weight excluding hydrogens is 449 g/mol. The number of benzene rings is 2. The first-order valence-electron chi connectivity index (χ1n) is 9.07. The topological polar surface area (TPSA) is 79.6 Å². The Morgan fingerprint density at radius 2 is 1.81 bits per heavy atom. The number of hydrogen-bond donors (Lipinski definition) is 1. The lowest BCUT2D eigenvalue weighted by molar-refractivity contribution is -0.137. The first-order chi connectivity index (χ1) is 15.2. The van der Waals surface area contributed by atoms with Crippen LogP contribution in [-0.4, -0.2) is 18.1 Å². The molecule has 1 fully saturated rings. The molecule has 2 aromatic carbocycles. The second kappa shape index (κ2) is 8.01. The van der Waals surface area contributed by atoms with Gasteiger partial charge in [-0.15, -0.1) is 0 Å². The predicted octanol–water partition coefficient (Wildman–Crippen LogP) is 4.89. The molecule has 0 saturated carbocycles. The van der Waals surface area contributed by atoms with Gasteiger partial charge in [-0.1, -0.05) is 23.7 Å². The molecule has 0 atom stereocenters. The normalized spacial score (nSPS) is 15.4. The van der Waals surface area contributed by atoms with Crippen molar-refractivity contribution < 1.29 is 32.0 Å². The molecule has 32 heavy (non-hydrogen) atoms. The van der Waals surface area contributed by atoms with E-state index in [2.05, 4.69) is 5.43 Å². The van der Waals surface area contributed by atoms with Gasteiger partial charge in [0.1, 0.15) is 23.4 Å². The van der Waals surface area contributed by atoms with Gasteiger partial charge in [0, 0.05) is 11.1 Å². The van der Waals surface area contributed by atoms with Crippen molar-refractivity contribution in [1.29, 1.82) is 0 Å². The van der Waals surface area contributed by atoms with Crippen LogP contribution in [0.15, 0.2) is 64.6 Å². The number of alkyl halides is 3. The van der Waals surface area contributed by atoms with Crippen LogP contribution in [0.5, 0.6) is 0 Å². The molecule has 0 aliphatic carbocycles. The fourth-order valence-corrected chi connectivity index (χ4v) is 3.29. The highest BCUT2D eigenvalue weighted by atomic mass is 35.5. The summed E-state index contributed by atoms with van der Waals surface area (Å²) in [7, 11) is 0. The van der Waals surface area contributed by atoms with Gasteiger partial charge in [0.05, 0.1) is 16.3 Å². The molecule has 1 aromatic heterocycles. The van der Waals surface area contributed by atoms with Crippen molar-refractivity contribution in [3.05, 3.63) is 82.1 Å². The van der Waals surface area contributed by atoms with Crippen molar-refractivity contribution in [2.45, 2.75) is 6.18 Å². The lowest BCUT2D eigenvalue weighted by atomic mass is 10.1. The summed E-state index contributed by atoms with van der Waals surface area (Å²) in [6.07, 6.45) is -2.78.